The average molecular weight is 228 g/mol. The molecule has 0 radical (unpaired) electrons. The number of nitrogens with zero attached hydrogens (tertiary/aromatic N) is 2. The van der Waals surface area contributed by atoms with Crippen molar-refractivity contribution in [3.63, 3.8) is 0 Å². The van der Waals surface area contributed by atoms with Gasteiger partial charge in [0.1, 0.15) is 0 Å². The van der Waals surface area contributed by atoms with Gasteiger partial charge in [-0.25, -0.2) is 0 Å². The monoisotopic (exact) mass is 228 g/mol. The smallest absolute Gasteiger partial charge is 0.246 e. The van der Waals surface area contributed by atoms with E-state index in [4.69, 9.17) is 0 Å². The first-order chi connectivity index (χ1) is 7.26. The minimum Gasteiger partial charge on any atom is -0.389 e. The lowest BCUT2D eigenvalue weighted by Crippen LogP contribution is -2.47. The molecule has 0 aromatic carbocycles. The molecule has 5 heteroatoms. The highest BCUT2D eigenvalue weighted by Gasteiger charge is 2.40. The maximum absolute atomic E-state index is 11.8. The predicted octanol–water partition coefficient (Wildman–Crippen LogP) is -0.163. The second-order valence-corrected chi connectivity index (χ2v) is 4.89. The fourth-order valence-corrected chi connectivity index (χ4v) is 1.96. The number of amides is 2. The number of aliphatic hydroxyl groups is 1. The van der Waals surface area contributed by atoms with Gasteiger partial charge in [0, 0.05) is 13.6 Å². The molecule has 1 unspecified atom stereocenters. The summed E-state index contributed by atoms with van der Waals surface area (Å²) in [5.74, 6) is -0.319. The van der Waals surface area contributed by atoms with Crippen LogP contribution in [0, 0.1) is 0 Å². The first-order valence-electron chi connectivity index (χ1n) is 5.53. The van der Waals surface area contributed by atoms with E-state index < -0.39 is 11.6 Å². The Labute approximate surface area is 96.0 Å². The third-order valence-corrected chi connectivity index (χ3v) is 2.79. The van der Waals surface area contributed by atoms with Gasteiger partial charge in [0.05, 0.1) is 18.1 Å². The molecule has 1 saturated heterocycles. The van der Waals surface area contributed by atoms with Crippen molar-refractivity contribution in [2.45, 2.75) is 38.8 Å². The van der Waals surface area contributed by atoms with Gasteiger partial charge in [-0.05, 0) is 20.4 Å². The number of likely N-dealkylation sites (tertiary alicyclic amines) is 1. The molecule has 2 amide bonds. The van der Waals surface area contributed by atoms with Crippen molar-refractivity contribution in [3.05, 3.63) is 0 Å². The molecule has 92 valence electrons. The van der Waals surface area contributed by atoms with E-state index >= 15 is 0 Å². The fourth-order valence-electron chi connectivity index (χ4n) is 1.96. The molecule has 0 spiro atoms. The Kier molecular flexibility index (Phi) is 3.70. The maximum atomic E-state index is 11.8. The van der Waals surface area contributed by atoms with E-state index in [-0.39, 0.29) is 18.2 Å². The number of carbonyl (C=O) groups is 2. The van der Waals surface area contributed by atoms with Crippen LogP contribution in [0.2, 0.25) is 0 Å². The lowest BCUT2D eigenvalue weighted by atomic mass is 10.1. The summed E-state index contributed by atoms with van der Waals surface area (Å²) < 4.78 is 0. The van der Waals surface area contributed by atoms with E-state index in [0.29, 0.717) is 13.1 Å². The van der Waals surface area contributed by atoms with Gasteiger partial charge in [0.2, 0.25) is 11.8 Å². The van der Waals surface area contributed by atoms with Crippen molar-refractivity contribution >= 4 is 11.8 Å². The zero-order chi connectivity index (χ0) is 12.5. The SMILES string of the molecule is CCN(CC(C)(C)O)C1CC(=O)N(C)C1=O. The Morgan fingerprint density at radius 2 is 2.06 bits per heavy atom. The molecule has 16 heavy (non-hydrogen) atoms. The molecule has 1 N–H and O–H groups in total. The quantitative estimate of drug-likeness (QED) is 0.679. The zero-order valence-electron chi connectivity index (χ0n) is 10.4. The second kappa shape index (κ2) is 4.51. The van der Waals surface area contributed by atoms with Crippen LogP contribution in [0.4, 0.5) is 0 Å². The molecule has 1 heterocycles. The Bertz CT molecular complexity index is 296. The summed E-state index contributed by atoms with van der Waals surface area (Å²) in [5.41, 5.74) is -0.861. The van der Waals surface area contributed by atoms with Gasteiger partial charge in [-0.1, -0.05) is 6.92 Å². The number of hydrogen-bond donors (Lipinski definition) is 1. The van der Waals surface area contributed by atoms with Crippen LogP contribution in [0.1, 0.15) is 27.2 Å². The maximum Gasteiger partial charge on any atom is 0.246 e. The van der Waals surface area contributed by atoms with Gasteiger partial charge in [0.25, 0.3) is 0 Å². The van der Waals surface area contributed by atoms with E-state index in [0.717, 1.165) is 4.90 Å². The van der Waals surface area contributed by atoms with Gasteiger partial charge in [-0.2, -0.15) is 0 Å². The molecule has 1 rings (SSSR count). The largest absolute Gasteiger partial charge is 0.389 e. The summed E-state index contributed by atoms with van der Waals surface area (Å²) in [5, 5.41) is 9.75. The van der Waals surface area contributed by atoms with Crippen molar-refractivity contribution in [1.29, 1.82) is 0 Å². The van der Waals surface area contributed by atoms with Crippen molar-refractivity contribution in [2.24, 2.45) is 0 Å². The van der Waals surface area contributed by atoms with Crippen LogP contribution in [0.5, 0.6) is 0 Å². The third-order valence-electron chi connectivity index (χ3n) is 2.79. The molecule has 0 saturated carbocycles. The number of hydrogen-bond acceptors (Lipinski definition) is 4. The summed E-state index contributed by atoms with van der Waals surface area (Å²) >= 11 is 0. The Hall–Kier alpha value is -0.940. The molecular formula is C11H20N2O3. The van der Waals surface area contributed by atoms with E-state index in [9.17, 15) is 14.7 Å². The number of imide groups is 1. The predicted molar refractivity (Wildman–Crippen MR) is 59.7 cm³/mol. The minimum absolute atomic E-state index is 0.149. The normalized spacial score (nSPS) is 22.4. The van der Waals surface area contributed by atoms with E-state index in [1.54, 1.807) is 13.8 Å². The molecule has 1 atom stereocenters. The summed E-state index contributed by atoms with van der Waals surface area (Å²) in [6, 6.07) is -0.408. The van der Waals surface area contributed by atoms with Crippen molar-refractivity contribution in [2.75, 3.05) is 20.1 Å². The second-order valence-electron chi connectivity index (χ2n) is 4.89. The molecule has 0 aliphatic carbocycles. The summed E-state index contributed by atoms with van der Waals surface area (Å²) in [7, 11) is 1.50. The zero-order valence-corrected chi connectivity index (χ0v) is 10.4. The van der Waals surface area contributed by atoms with E-state index in [1.807, 2.05) is 11.8 Å². The summed E-state index contributed by atoms with van der Waals surface area (Å²) in [6.45, 7) is 6.34. The Balaban J connectivity index is 2.75. The molecular weight excluding hydrogens is 208 g/mol. The highest BCUT2D eigenvalue weighted by atomic mass is 16.3. The highest BCUT2D eigenvalue weighted by Crippen LogP contribution is 2.19. The number of rotatable bonds is 4. The molecule has 5 nitrogen and oxygen atoms in total. The van der Waals surface area contributed by atoms with Crippen LogP contribution in [0.15, 0.2) is 0 Å². The van der Waals surface area contributed by atoms with Gasteiger partial charge < -0.3 is 5.11 Å². The van der Waals surface area contributed by atoms with Gasteiger partial charge in [-0.15, -0.1) is 0 Å². The first-order valence-corrected chi connectivity index (χ1v) is 5.53. The van der Waals surface area contributed by atoms with Gasteiger partial charge in [0.15, 0.2) is 0 Å². The van der Waals surface area contributed by atoms with Gasteiger partial charge >= 0.3 is 0 Å². The van der Waals surface area contributed by atoms with Crippen LogP contribution < -0.4 is 0 Å². The number of likely N-dealkylation sites (N-methyl/N-ethyl adjacent to an activating group) is 2. The lowest BCUT2D eigenvalue weighted by molar-refractivity contribution is -0.138. The molecule has 1 aliphatic rings. The minimum atomic E-state index is -0.861. The highest BCUT2D eigenvalue weighted by molar-refractivity contribution is 6.05. The Morgan fingerprint density at radius 3 is 2.38 bits per heavy atom. The van der Waals surface area contributed by atoms with Gasteiger partial charge in [-0.3, -0.25) is 19.4 Å². The van der Waals surface area contributed by atoms with E-state index in [1.165, 1.54) is 7.05 Å². The van der Waals surface area contributed by atoms with Crippen molar-refractivity contribution in [3.8, 4) is 0 Å². The standard InChI is InChI=1S/C11H20N2O3/c1-5-13(7-11(2,3)16)8-6-9(14)12(4)10(8)15/h8,16H,5-7H2,1-4H3. The van der Waals surface area contributed by atoms with Crippen LogP contribution >= 0.6 is 0 Å². The van der Waals surface area contributed by atoms with Crippen LogP contribution in [-0.2, 0) is 9.59 Å². The lowest BCUT2D eigenvalue weighted by Gasteiger charge is -2.31. The first kappa shape index (κ1) is 13.1. The third kappa shape index (κ3) is 2.80. The number of carbonyl (C=O) groups excluding carboxylic acids is 2. The molecule has 0 bridgehead atoms. The van der Waals surface area contributed by atoms with Crippen LogP contribution in [-0.4, -0.2) is 58.5 Å². The molecule has 0 aromatic heterocycles. The Morgan fingerprint density at radius 1 is 1.50 bits per heavy atom. The average Bonchev–Trinajstić information content (AvgIpc) is 2.41. The van der Waals surface area contributed by atoms with E-state index in [2.05, 4.69) is 0 Å². The van der Waals surface area contributed by atoms with Crippen molar-refractivity contribution in [1.82, 2.24) is 9.80 Å². The molecule has 1 fully saturated rings. The molecule has 1 aliphatic heterocycles. The summed E-state index contributed by atoms with van der Waals surface area (Å²) in [4.78, 5) is 26.2. The van der Waals surface area contributed by atoms with Crippen LogP contribution in [0.25, 0.3) is 0 Å². The van der Waals surface area contributed by atoms with Crippen LogP contribution in [0.3, 0.4) is 0 Å². The topological polar surface area (TPSA) is 60.9 Å². The van der Waals surface area contributed by atoms with Crippen molar-refractivity contribution < 1.29 is 14.7 Å². The molecule has 0 aromatic rings. The fraction of sp³-hybridized carbons (Fsp3) is 0.818. The summed E-state index contributed by atoms with van der Waals surface area (Å²) in [6.07, 6.45) is 0.221.